The minimum Gasteiger partial charge on any atom is -0.484 e. The van der Waals surface area contributed by atoms with E-state index in [9.17, 15) is 4.79 Å². The van der Waals surface area contributed by atoms with Gasteiger partial charge in [-0.3, -0.25) is 9.36 Å². The molecule has 6 nitrogen and oxygen atoms in total. The van der Waals surface area contributed by atoms with Gasteiger partial charge < -0.3 is 10.1 Å². The predicted octanol–water partition coefficient (Wildman–Crippen LogP) is 3.36. The number of benzene rings is 2. The molecule has 1 aromatic heterocycles. The molecule has 24 heavy (non-hydrogen) atoms. The molecule has 1 N–H and O–H groups in total. The van der Waals surface area contributed by atoms with E-state index in [4.69, 9.17) is 4.74 Å². The van der Waals surface area contributed by atoms with E-state index in [1.54, 1.807) is 12.4 Å². The van der Waals surface area contributed by atoms with Crippen LogP contribution in [-0.4, -0.2) is 27.3 Å². The summed E-state index contributed by atoms with van der Waals surface area (Å²) in [5.41, 5.74) is 1.47. The average molecular weight is 387 g/mol. The maximum atomic E-state index is 12.2. The maximum absolute atomic E-state index is 12.2. The van der Waals surface area contributed by atoms with Gasteiger partial charge in [0.2, 0.25) is 0 Å². The van der Waals surface area contributed by atoms with Crippen LogP contribution in [0.5, 0.6) is 5.75 Å². The van der Waals surface area contributed by atoms with Crippen LogP contribution >= 0.6 is 15.9 Å². The smallest absolute Gasteiger partial charge is 0.262 e. The van der Waals surface area contributed by atoms with Crippen molar-refractivity contribution in [2.75, 3.05) is 11.9 Å². The Kier molecular flexibility index (Phi) is 4.90. The first-order valence-corrected chi connectivity index (χ1v) is 8.07. The van der Waals surface area contributed by atoms with Crippen molar-refractivity contribution in [1.82, 2.24) is 14.8 Å². The van der Waals surface area contributed by atoms with Gasteiger partial charge in [-0.05, 0) is 37.3 Å². The van der Waals surface area contributed by atoms with Crippen molar-refractivity contribution in [3.8, 4) is 11.4 Å². The van der Waals surface area contributed by atoms with E-state index in [2.05, 4.69) is 31.4 Å². The second kappa shape index (κ2) is 7.27. The number of hydrogen-bond donors (Lipinski definition) is 1. The highest BCUT2D eigenvalue weighted by Crippen LogP contribution is 2.21. The molecular weight excluding hydrogens is 372 g/mol. The third kappa shape index (κ3) is 3.80. The molecule has 0 aliphatic rings. The summed E-state index contributed by atoms with van der Waals surface area (Å²) < 4.78 is 8.21. The zero-order chi connectivity index (χ0) is 16.9. The molecule has 0 saturated carbocycles. The van der Waals surface area contributed by atoms with Gasteiger partial charge in [-0.15, -0.1) is 10.2 Å². The molecule has 0 unspecified atom stereocenters. The average Bonchev–Trinajstić information content (AvgIpc) is 2.99. The summed E-state index contributed by atoms with van der Waals surface area (Å²) in [4.78, 5) is 12.2. The van der Waals surface area contributed by atoms with Crippen molar-refractivity contribution in [2.24, 2.45) is 0 Å². The SMILES string of the molecule is Cc1nncn1-c1ccccc1NC(=O)COc1cccc(Br)c1. The summed E-state index contributed by atoms with van der Waals surface area (Å²) >= 11 is 3.37. The zero-order valence-corrected chi connectivity index (χ0v) is 14.5. The molecule has 1 heterocycles. The van der Waals surface area contributed by atoms with E-state index < -0.39 is 0 Å². The molecule has 0 atom stereocenters. The number of halogens is 1. The Hall–Kier alpha value is -2.67. The number of rotatable bonds is 5. The number of ether oxygens (including phenoxy) is 1. The van der Waals surface area contributed by atoms with Gasteiger partial charge in [-0.25, -0.2) is 0 Å². The van der Waals surface area contributed by atoms with Gasteiger partial charge in [0.05, 0.1) is 11.4 Å². The minimum absolute atomic E-state index is 0.0774. The van der Waals surface area contributed by atoms with Crippen molar-refractivity contribution >= 4 is 27.5 Å². The molecule has 3 rings (SSSR count). The lowest BCUT2D eigenvalue weighted by Gasteiger charge is -2.12. The number of hydrogen-bond acceptors (Lipinski definition) is 4. The van der Waals surface area contributed by atoms with Gasteiger partial charge in [0.25, 0.3) is 5.91 Å². The number of para-hydroxylation sites is 2. The largest absolute Gasteiger partial charge is 0.484 e. The first-order chi connectivity index (χ1) is 11.6. The van der Waals surface area contributed by atoms with Crippen LogP contribution < -0.4 is 10.1 Å². The fraction of sp³-hybridized carbons (Fsp3) is 0.118. The number of nitrogens with zero attached hydrogens (tertiary/aromatic N) is 3. The Balaban J connectivity index is 1.70. The van der Waals surface area contributed by atoms with Gasteiger partial charge >= 0.3 is 0 Å². The van der Waals surface area contributed by atoms with Crippen LogP contribution in [0.2, 0.25) is 0 Å². The fourth-order valence-electron chi connectivity index (χ4n) is 2.21. The van der Waals surface area contributed by atoms with Crippen molar-refractivity contribution < 1.29 is 9.53 Å². The molecule has 0 aliphatic heterocycles. The van der Waals surface area contributed by atoms with Crippen LogP contribution in [0.15, 0.2) is 59.3 Å². The predicted molar refractivity (Wildman–Crippen MR) is 94.4 cm³/mol. The molecule has 0 aliphatic carbocycles. The molecule has 0 saturated heterocycles. The Morgan fingerprint density at radius 1 is 1.25 bits per heavy atom. The van der Waals surface area contributed by atoms with Gasteiger partial charge in [0.1, 0.15) is 17.9 Å². The minimum atomic E-state index is -0.242. The molecule has 1 amide bonds. The van der Waals surface area contributed by atoms with Crippen LogP contribution in [0.4, 0.5) is 5.69 Å². The highest BCUT2D eigenvalue weighted by atomic mass is 79.9. The Labute approximate surface area is 147 Å². The fourth-order valence-corrected chi connectivity index (χ4v) is 2.59. The quantitative estimate of drug-likeness (QED) is 0.729. The number of amides is 1. The highest BCUT2D eigenvalue weighted by molar-refractivity contribution is 9.10. The topological polar surface area (TPSA) is 69.0 Å². The Morgan fingerprint density at radius 3 is 2.83 bits per heavy atom. The lowest BCUT2D eigenvalue weighted by Crippen LogP contribution is -2.21. The Morgan fingerprint density at radius 2 is 2.08 bits per heavy atom. The van der Waals surface area contributed by atoms with Crippen LogP contribution in [-0.2, 0) is 4.79 Å². The van der Waals surface area contributed by atoms with E-state index >= 15 is 0 Å². The van der Waals surface area contributed by atoms with Crippen molar-refractivity contribution in [1.29, 1.82) is 0 Å². The monoisotopic (exact) mass is 386 g/mol. The van der Waals surface area contributed by atoms with E-state index in [-0.39, 0.29) is 12.5 Å². The summed E-state index contributed by atoms with van der Waals surface area (Å²) in [6.45, 7) is 1.77. The first kappa shape index (κ1) is 16.2. The van der Waals surface area contributed by atoms with Crippen LogP contribution in [0.1, 0.15) is 5.82 Å². The zero-order valence-electron chi connectivity index (χ0n) is 12.9. The normalized spacial score (nSPS) is 10.4. The summed E-state index contributed by atoms with van der Waals surface area (Å²) in [6, 6.07) is 14.8. The molecule has 0 fully saturated rings. The third-order valence-corrected chi connectivity index (χ3v) is 3.82. The molecule has 2 aromatic carbocycles. The van der Waals surface area contributed by atoms with E-state index in [0.717, 1.165) is 16.0 Å². The lowest BCUT2D eigenvalue weighted by atomic mass is 10.2. The van der Waals surface area contributed by atoms with Crippen LogP contribution in [0.25, 0.3) is 5.69 Å². The standard InChI is InChI=1S/C17H15BrN4O2/c1-12-21-19-11-22(12)16-8-3-2-7-15(16)20-17(23)10-24-14-6-4-5-13(18)9-14/h2-9,11H,10H2,1H3,(H,20,23). The van der Waals surface area contributed by atoms with Crippen molar-refractivity contribution in [2.45, 2.75) is 6.92 Å². The number of nitrogens with one attached hydrogen (secondary N) is 1. The van der Waals surface area contributed by atoms with E-state index in [0.29, 0.717) is 11.4 Å². The molecular formula is C17H15BrN4O2. The third-order valence-electron chi connectivity index (χ3n) is 3.32. The van der Waals surface area contributed by atoms with Crippen LogP contribution in [0.3, 0.4) is 0 Å². The van der Waals surface area contributed by atoms with Gasteiger partial charge in [-0.1, -0.05) is 34.1 Å². The summed E-state index contributed by atoms with van der Waals surface area (Å²) in [5.74, 6) is 1.12. The second-order valence-electron chi connectivity index (χ2n) is 5.06. The number of carbonyl (C=O) groups is 1. The molecule has 7 heteroatoms. The van der Waals surface area contributed by atoms with Gasteiger partial charge in [-0.2, -0.15) is 0 Å². The molecule has 3 aromatic rings. The maximum Gasteiger partial charge on any atom is 0.262 e. The number of carbonyl (C=O) groups excluding carboxylic acids is 1. The summed E-state index contributed by atoms with van der Waals surface area (Å²) in [5, 5.41) is 10.7. The van der Waals surface area contributed by atoms with E-state index in [1.807, 2.05) is 54.0 Å². The first-order valence-electron chi connectivity index (χ1n) is 7.28. The van der Waals surface area contributed by atoms with Crippen molar-refractivity contribution in [3.05, 3.63) is 65.2 Å². The highest BCUT2D eigenvalue weighted by Gasteiger charge is 2.10. The number of aryl methyl sites for hydroxylation is 1. The second-order valence-corrected chi connectivity index (χ2v) is 5.98. The molecule has 0 bridgehead atoms. The molecule has 0 spiro atoms. The van der Waals surface area contributed by atoms with Crippen LogP contribution in [0, 0.1) is 6.92 Å². The Bertz CT molecular complexity index is 863. The summed E-state index contributed by atoms with van der Waals surface area (Å²) in [7, 11) is 0. The lowest BCUT2D eigenvalue weighted by molar-refractivity contribution is -0.118. The summed E-state index contributed by atoms with van der Waals surface area (Å²) in [6.07, 6.45) is 1.61. The van der Waals surface area contributed by atoms with E-state index in [1.165, 1.54) is 0 Å². The van der Waals surface area contributed by atoms with Crippen molar-refractivity contribution in [3.63, 3.8) is 0 Å². The number of anilines is 1. The molecule has 122 valence electrons. The molecule has 0 radical (unpaired) electrons. The van der Waals surface area contributed by atoms with Gasteiger partial charge in [0, 0.05) is 4.47 Å². The van der Waals surface area contributed by atoms with Gasteiger partial charge in [0.15, 0.2) is 6.61 Å². The number of aromatic nitrogens is 3.